The Labute approximate surface area is 235 Å². The Morgan fingerprint density at radius 2 is 1.55 bits per heavy atom. The third kappa shape index (κ3) is 6.30. The molecule has 40 heavy (non-hydrogen) atoms. The molecule has 5 rings (SSSR count). The van der Waals surface area contributed by atoms with Crippen LogP contribution in [0.1, 0.15) is 39.5 Å². The van der Waals surface area contributed by atoms with Crippen molar-refractivity contribution < 1.29 is 14.3 Å². The zero-order valence-electron chi connectivity index (χ0n) is 22.8. The number of nitrogens with one attached hydrogen (secondary N) is 2. The van der Waals surface area contributed by atoms with Gasteiger partial charge in [-0.2, -0.15) is 0 Å². The normalized spacial score (nSPS) is 13.5. The predicted octanol–water partition coefficient (Wildman–Crippen LogP) is 6.47. The van der Waals surface area contributed by atoms with Gasteiger partial charge < -0.3 is 20.3 Å². The van der Waals surface area contributed by atoms with E-state index >= 15 is 0 Å². The lowest BCUT2D eigenvalue weighted by Gasteiger charge is -2.18. The summed E-state index contributed by atoms with van der Waals surface area (Å²) in [6, 6.07) is 33.8. The van der Waals surface area contributed by atoms with Gasteiger partial charge in [-0.15, -0.1) is 0 Å². The molecule has 0 radical (unpaired) electrons. The van der Waals surface area contributed by atoms with Gasteiger partial charge in [-0.1, -0.05) is 78.9 Å². The molecule has 0 aliphatic carbocycles. The van der Waals surface area contributed by atoms with Crippen molar-refractivity contribution in [1.82, 2.24) is 4.90 Å². The van der Waals surface area contributed by atoms with E-state index in [1.165, 1.54) is 11.1 Å². The Morgan fingerprint density at radius 3 is 2.25 bits per heavy atom. The van der Waals surface area contributed by atoms with Crippen molar-refractivity contribution in [3.05, 3.63) is 131 Å². The Balaban J connectivity index is 1.37. The molecule has 0 aromatic heterocycles. The van der Waals surface area contributed by atoms with E-state index in [1.807, 2.05) is 48.5 Å². The third-order valence-corrected chi connectivity index (χ3v) is 6.89. The summed E-state index contributed by atoms with van der Waals surface area (Å²) in [7, 11) is 2.14. The zero-order chi connectivity index (χ0) is 27.9. The highest BCUT2D eigenvalue weighted by molar-refractivity contribution is 6.37. The molecular formula is C34H33N3O3. The molecule has 0 spiro atoms. The summed E-state index contributed by atoms with van der Waals surface area (Å²) in [6.45, 7) is 3.87. The Morgan fingerprint density at radius 1 is 0.850 bits per heavy atom. The smallest absolute Gasteiger partial charge is 0.338 e. The minimum absolute atomic E-state index is 0.223. The molecule has 1 aliphatic rings. The number of hydrogen-bond donors (Lipinski definition) is 2. The van der Waals surface area contributed by atoms with Crippen molar-refractivity contribution in [3.63, 3.8) is 0 Å². The summed E-state index contributed by atoms with van der Waals surface area (Å²) in [5.41, 5.74) is 7.29. The van der Waals surface area contributed by atoms with Gasteiger partial charge in [-0.05, 0) is 61.3 Å². The maximum atomic E-state index is 13.3. The number of amides is 1. The lowest BCUT2D eigenvalue weighted by molar-refractivity contribution is -0.110. The van der Waals surface area contributed by atoms with Gasteiger partial charge in [-0.3, -0.25) is 4.79 Å². The predicted molar refractivity (Wildman–Crippen MR) is 161 cm³/mol. The number of anilines is 2. The van der Waals surface area contributed by atoms with E-state index in [9.17, 15) is 9.59 Å². The number of hydrogen-bond acceptors (Lipinski definition) is 5. The molecule has 6 nitrogen and oxygen atoms in total. The summed E-state index contributed by atoms with van der Waals surface area (Å²) in [4.78, 5) is 27.8. The second kappa shape index (κ2) is 12.5. The van der Waals surface area contributed by atoms with Crippen molar-refractivity contribution in [2.75, 3.05) is 30.8 Å². The first kappa shape index (κ1) is 26.9. The topological polar surface area (TPSA) is 70.7 Å². The molecule has 4 aromatic carbocycles. The average molecular weight is 532 g/mol. The molecule has 1 amide bonds. The fraction of sp³-hybridized carbons (Fsp3) is 0.176. The average Bonchev–Trinajstić information content (AvgIpc) is 3.31. The van der Waals surface area contributed by atoms with Crippen molar-refractivity contribution in [2.45, 2.75) is 19.9 Å². The van der Waals surface area contributed by atoms with Crippen molar-refractivity contribution in [3.8, 4) is 0 Å². The largest absolute Gasteiger partial charge is 0.462 e. The first-order chi connectivity index (χ1) is 19.5. The van der Waals surface area contributed by atoms with Gasteiger partial charge in [0, 0.05) is 24.3 Å². The Kier molecular flexibility index (Phi) is 8.38. The van der Waals surface area contributed by atoms with Crippen LogP contribution in [-0.2, 0) is 22.5 Å². The zero-order valence-corrected chi connectivity index (χ0v) is 22.8. The van der Waals surface area contributed by atoms with Gasteiger partial charge in [0.05, 0.1) is 29.1 Å². The van der Waals surface area contributed by atoms with Gasteiger partial charge in [0.25, 0.3) is 5.91 Å². The molecule has 2 N–H and O–H groups in total. The minimum Gasteiger partial charge on any atom is -0.462 e. The number of ether oxygens (including phenoxy) is 1. The van der Waals surface area contributed by atoms with Gasteiger partial charge in [0.15, 0.2) is 0 Å². The molecular weight excluding hydrogens is 498 g/mol. The molecule has 202 valence electrons. The molecule has 1 aliphatic heterocycles. The van der Waals surface area contributed by atoms with Gasteiger partial charge >= 0.3 is 5.97 Å². The SMILES string of the molecule is CCOC(=O)c1ccc2c(c1)NC(=O)/C2=C(\Nc1ccc(CN(C)CCc2ccccc2)cc1)c1ccccc1. The van der Waals surface area contributed by atoms with E-state index in [0.717, 1.165) is 36.3 Å². The highest BCUT2D eigenvalue weighted by Gasteiger charge is 2.29. The second-order valence-corrected chi connectivity index (χ2v) is 9.85. The first-order valence-corrected chi connectivity index (χ1v) is 13.5. The minimum atomic E-state index is -0.413. The number of esters is 1. The van der Waals surface area contributed by atoms with Gasteiger partial charge in [0.1, 0.15) is 0 Å². The van der Waals surface area contributed by atoms with Crippen LogP contribution in [0, 0.1) is 0 Å². The van der Waals surface area contributed by atoms with Gasteiger partial charge in [0.2, 0.25) is 0 Å². The number of rotatable bonds is 10. The lowest BCUT2D eigenvalue weighted by Crippen LogP contribution is -2.20. The maximum Gasteiger partial charge on any atom is 0.338 e. The molecule has 0 bridgehead atoms. The fourth-order valence-electron chi connectivity index (χ4n) is 4.84. The maximum absolute atomic E-state index is 13.3. The van der Waals surface area contributed by atoms with Crippen LogP contribution in [0.3, 0.4) is 0 Å². The van der Waals surface area contributed by atoms with Crippen molar-refractivity contribution in [2.24, 2.45) is 0 Å². The van der Waals surface area contributed by atoms with E-state index in [-0.39, 0.29) is 12.5 Å². The molecule has 0 saturated heterocycles. The van der Waals surface area contributed by atoms with E-state index in [1.54, 1.807) is 25.1 Å². The van der Waals surface area contributed by atoms with E-state index in [0.29, 0.717) is 22.5 Å². The summed E-state index contributed by atoms with van der Waals surface area (Å²) in [6.07, 6.45) is 1.01. The molecule has 6 heteroatoms. The lowest BCUT2D eigenvalue weighted by atomic mass is 9.99. The standard InChI is InChI=1S/C34H33N3O3/c1-3-40-34(39)27-16-19-29-30(22-27)36-33(38)31(29)32(26-12-8-5-9-13-26)35-28-17-14-25(15-18-28)23-37(2)21-20-24-10-6-4-7-11-24/h4-19,22,35H,3,20-21,23H2,1-2H3,(H,36,38)/b32-31-. The van der Waals surface area contributed by atoms with Crippen LogP contribution in [0.2, 0.25) is 0 Å². The van der Waals surface area contributed by atoms with Crippen molar-refractivity contribution in [1.29, 1.82) is 0 Å². The summed E-state index contributed by atoms with van der Waals surface area (Å²) < 4.78 is 5.13. The monoisotopic (exact) mass is 531 g/mol. The molecule has 0 atom stereocenters. The summed E-state index contributed by atoms with van der Waals surface area (Å²) in [5, 5.41) is 6.43. The number of carbonyl (C=O) groups is 2. The van der Waals surface area contributed by atoms with Crippen LogP contribution in [0.15, 0.2) is 103 Å². The number of nitrogens with zero attached hydrogens (tertiary/aromatic N) is 1. The van der Waals surface area contributed by atoms with Crippen LogP contribution >= 0.6 is 0 Å². The van der Waals surface area contributed by atoms with Crippen LogP contribution in [-0.4, -0.2) is 37.0 Å². The van der Waals surface area contributed by atoms with Crippen LogP contribution in [0.25, 0.3) is 11.3 Å². The molecule has 0 fully saturated rings. The van der Waals surface area contributed by atoms with Gasteiger partial charge in [-0.25, -0.2) is 4.79 Å². The summed E-state index contributed by atoms with van der Waals surface area (Å²) >= 11 is 0. The third-order valence-electron chi connectivity index (χ3n) is 6.89. The molecule has 1 heterocycles. The number of carbonyl (C=O) groups excluding carboxylic acids is 2. The summed E-state index contributed by atoms with van der Waals surface area (Å²) in [5.74, 6) is -0.636. The van der Waals surface area contributed by atoms with Crippen LogP contribution in [0.5, 0.6) is 0 Å². The van der Waals surface area contributed by atoms with Crippen molar-refractivity contribution >= 4 is 34.5 Å². The fourth-order valence-corrected chi connectivity index (χ4v) is 4.84. The van der Waals surface area contributed by atoms with E-state index in [4.69, 9.17) is 4.74 Å². The van der Waals surface area contributed by atoms with Crippen LogP contribution < -0.4 is 10.6 Å². The first-order valence-electron chi connectivity index (χ1n) is 13.5. The Hall–Kier alpha value is -4.68. The Bertz CT molecular complexity index is 1510. The highest BCUT2D eigenvalue weighted by atomic mass is 16.5. The number of fused-ring (bicyclic) bond motifs is 1. The van der Waals surface area contributed by atoms with E-state index in [2.05, 4.69) is 59.0 Å². The van der Waals surface area contributed by atoms with Crippen LogP contribution in [0.4, 0.5) is 11.4 Å². The molecule has 0 unspecified atom stereocenters. The second-order valence-electron chi connectivity index (χ2n) is 9.85. The number of benzene rings is 4. The molecule has 0 saturated carbocycles. The highest BCUT2D eigenvalue weighted by Crippen LogP contribution is 2.38. The van der Waals surface area contributed by atoms with E-state index < -0.39 is 5.97 Å². The quantitative estimate of drug-likeness (QED) is 0.181. The number of likely N-dealkylation sites (N-methyl/N-ethyl adjacent to an activating group) is 1. The molecule has 4 aromatic rings.